The van der Waals surface area contributed by atoms with Gasteiger partial charge in [0.15, 0.2) is 0 Å². The third kappa shape index (κ3) is 5.09. The van der Waals surface area contributed by atoms with Gasteiger partial charge in [-0.2, -0.15) is 0 Å². The maximum atomic E-state index is 12.2. The van der Waals surface area contributed by atoms with Crippen molar-refractivity contribution >= 4 is 11.8 Å². The van der Waals surface area contributed by atoms with Crippen molar-refractivity contribution < 1.29 is 9.59 Å². The average molecular weight is 284 g/mol. The van der Waals surface area contributed by atoms with Crippen LogP contribution in [0, 0.1) is 5.92 Å². The molecule has 2 N–H and O–H groups in total. The van der Waals surface area contributed by atoms with Gasteiger partial charge in [0, 0.05) is 40.3 Å². The molecule has 0 saturated carbocycles. The molecule has 0 radical (unpaired) electrons. The average Bonchev–Trinajstić information content (AvgIpc) is 2.37. The van der Waals surface area contributed by atoms with Crippen molar-refractivity contribution in [3.8, 4) is 0 Å². The predicted molar refractivity (Wildman–Crippen MR) is 79.1 cm³/mol. The molecule has 6 nitrogen and oxygen atoms in total. The van der Waals surface area contributed by atoms with Crippen molar-refractivity contribution in [3.05, 3.63) is 0 Å². The molecule has 1 aliphatic rings. The van der Waals surface area contributed by atoms with Crippen LogP contribution in [0.3, 0.4) is 0 Å². The maximum Gasteiger partial charge on any atom is 0.239 e. The number of nitrogens with two attached hydrogens (primary N) is 1. The Bertz CT molecular complexity index is 336. The summed E-state index contributed by atoms with van der Waals surface area (Å²) in [6.45, 7) is 7.35. The van der Waals surface area contributed by atoms with Crippen molar-refractivity contribution in [1.29, 1.82) is 0 Å². The molecule has 0 aliphatic carbocycles. The number of likely N-dealkylation sites (N-methyl/N-ethyl adjacent to an activating group) is 1. The first-order valence-corrected chi connectivity index (χ1v) is 7.28. The first-order valence-electron chi connectivity index (χ1n) is 7.28. The zero-order valence-electron chi connectivity index (χ0n) is 13.1. The molecule has 0 bridgehead atoms. The minimum atomic E-state index is -0.398. The lowest BCUT2D eigenvalue weighted by Gasteiger charge is -2.36. The molecule has 1 atom stereocenters. The van der Waals surface area contributed by atoms with Gasteiger partial charge < -0.3 is 15.5 Å². The Morgan fingerprint density at radius 2 is 1.70 bits per heavy atom. The quantitative estimate of drug-likeness (QED) is 0.745. The van der Waals surface area contributed by atoms with Gasteiger partial charge >= 0.3 is 0 Å². The molecule has 1 fully saturated rings. The highest BCUT2D eigenvalue weighted by atomic mass is 16.2. The van der Waals surface area contributed by atoms with E-state index in [0.29, 0.717) is 25.6 Å². The molecule has 1 aliphatic heterocycles. The summed E-state index contributed by atoms with van der Waals surface area (Å²) in [5.74, 6) is 0.562. The fourth-order valence-corrected chi connectivity index (χ4v) is 2.30. The smallest absolute Gasteiger partial charge is 0.239 e. The lowest BCUT2D eigenvalue weighted by molar-refractivity contribution is -0.135. The van der Waals surface area contributed by atoms with Gasteiger partial charge in [0.25, 0.3) is 0 Å². The van der Waals surface area contributed by atoms with Crippen LogP contribution < -0.4 is 5.73 Å². The number of nitrogens with zero attached hydrogens (tertiary/aromatic N) is 3. The molecule has 1 unspecified atom stereocenters. The summed E-state index contributed by atoms with van der Waals surface area (Å²) >= 11 is 0. The summed E-state index contributed by atoms with van der Waals surface area (Å²) in [6, 6.07) is -0.398. The van der Waals surface area contributed by atoms with Crippen LogP contribution in [0.2, 0.25) is 0 Å². The molecule has 1 rings (SSSR count). The van der Waals surface area contributed by atoms with Gasteiger partial charge in [0.05, 0.1) is 12.6 Å². The number of hydrogen-bond donors (Lipinski definition) is 1. The van der Waals surface area contributed by atoms with Crippen LogP contribution in [0.1, 0.15) is 20.3 Å². The van der Waals surface area contributed by atoms with E-state index in [9.17, 15) is 9.59 Å². The van der Waals surface area contributed by atoms with Gasteiger partial charge in [-0.05, 0) is 12.3 Å². The maximum absolute atomic E-state index is 12.2. The topological polar surface area (TPSA) is 69.9 Å². The van der Waals surface area contributed by atoms with E-state index in [1.807, 2.05) is 4.90 Å². The minimum absolute atomic E-state index is 0.0392. The summed E-state index contributed by atoms with van der Waals surface area (Å²) in [6.07, 6.45) is 0.720. The zero-order chi connectivity index (χ0) is 15.3. The van der Waals surface area contributed by atoms with E-state index in [1.165, 1.54) is 0 Å². The van der Waals surface area contributed by atoms with Crippen molar-refractivity contribution in [2.24, 2.45) is 11.7 Å². The van der Waals surface area contributed by atoms with Crippen LogP contribution in [0.15, 0.2) is 0 Å². The summed E-state index contributed by atoms with van der Waals surface area (Å²) in [4.78, 5) is 29.3. The lowest BCUT2D eigenvalue weighted by atomic mass is 10.0. The van der Waals surface area contributed by atoms with Gasteiger partial charge in [0.2, 0.25) is 11.8 Å². The number of piperazine rings is 1. The SMILES string of the molecule is CC(C)CC(N)C(=O)N1CCN(CC(=O)N(C)C)CC1. The molecule has 20 heavy (non-hydrogen) atoms. The van der Waals surface area contributed by atoms with Crippen LogP contribution in [0.25, 0.3) is 0 Å². The predicted octanol–water partition coefficient (Wildman–Crippen LogP) is -0.408. The molecular weight excluding hydrogens is 256 g/mol. The van der Waals surface area contributed by atoms with E-state index in [-0.39, 0.29) is 11.8 Å². The second-order valence-corrected chi connectivity index (χ2v) is 6.13. The summed E-state index contributed by atoms with van der Waals surface area (Å²) in [7, 11) is 3.51. The van der Waals surface area contributed by atoms with Crippen LogP contribution >= 0.6 is 0 Å². The minimum Gasteiger partial charge on any atom is -0.348 e. The Kier molecular flexibility index (Phi) is 6.42. The van der Waals surface area contributed by atoms with Crippen molar-refractivity contribution in [3.63, 3.8) is 0 Å². The number of carbonyl (C=O) groups excluding carboxylic acids is 2. The molecule has 2 amide bonds. The normalized spacial score (nSPS) is 18.2. The van der Waals surface area contributed by atoms with E-state index < -0.39 is 6.04 Å². The Morgan fingerprint density at radius 3 is 2.15 bits per heavy atom. The summed E-state index contributed by atoms with van der Waals surface area (Å²) < 4.78 is 0. The third-order valence-corrected chi connectivity index (χ3v) is 3.58. The molecule has 0 aromatic carbocycles. The van der Waals surface area contributed by atoms with E-state index in [0.717, 1.165) is 19.5 Å². The third-order valence-electron chi connectivity index (χ3n) is 3.58. The largest absolute Gasteiger partial charge is 0.348 e. The van der Waals surface area contributed by atoms with Crippen LogP contribution in [0.5, 0.6) is 0 Å². The monoisotopic (exact) mass is 284 g/mol. The van der Waals surface area contributed by atoms with Crippen molar-refractivity contribution in [1.82, 2.24) is 14.7 Å². The fraction of sp³-hybridized carbons (Fsp3) is 0.857. The molecule has 6 heteroatoms. The van der Waals surface area contributed by atoms with E-state index >= 15 is 0 Å². The number of amides is 2. The highest BCUT2D eigenvalue weighted by Gasteiger charge is 2.26. The number of hydrogen-bond acceptors (Lipinski definition) is 4. The first kappa shape index (κ1) is 16.9. The van der Waals surface area contributed by atoms with Gasteiger partial charge in [-0.25, -0.2) is 0 Å². The van der Waals surface area contributed by atoms with Crippen molar-refractivity contribution in [2.75, 3.05) is 46.8 Å². The number of rotatable bonds is 5. The second-order valence-electron chi connectivity index (χ2n) is 6.13. The molecule has 1 saturated heterocycles. The van der Waals surface area contributed by atoms with Gasteiger partial charge in [-0.1, -0.05) is 13.8 Å². The van der Waals surface area contributed by atoms with Crippen LogP contribution in [-0.4, -0.2) is 79.4 Å². The highest BCUT2D eigenvalue weighted by molar-refractivity contribution is 5.82. The van der Waals surface area contributed by atoms with Gasteiger partial charge in [-0.15, -0.1) is 0 Å². The lowest BCUT2D eigenvalue weighted by Crippen LogP contribution is -2.54. The Labute approximate surface area is 121 Å². The van der Waals surface area contributed by atoms with E-state index in [2.05, 4.69) is 18.7 Å². The summed E-state index contributed by atoms with van der Waals surface area (Å²) in [5.41, 5.74) is 5.94. The second kappa shape index (κ2) is 7.59. The van der Waals surface area contributed by atoms with Gasteiger partial charge in [-0.3, -0.25) is 14.5 Å². The molecule has 0 aromatic heterocycles. The van der Waals surface area contributed by atoms with Gasteiger partial charge in [0.1, 0.15) is 0 Å². The molecule has 1 heterocycles. The molecular formula is C14H28N4O2. The molecule has 116 valence electrons. The summed E-state index contributed by atoms with van der Waals surface area (Å²) in [5, 5.41) is 0. The Hall–Kier alpha value is -1.14. The van der Waals surface area contributed by atoms with Crippen LogP contribution in [0.4, 0.5) is 0 Å². The Morgan fingerprint density at radius 1 is 1.15 bits per heavy atom. The number of carbonyl (C=O) groups is 2. The fourth-order valence-electron chi connectivity index (χ4n) is 2.30. The van der Waals surface area contributed by atoms with E-state index in [4.69, 9.17) is 5.73 Å². The Balaban J connectivity index is 2.38. The molecule has 0 spiro atoms. The van der Waals surface area contributed by atoms with E-state index in [1.54, 1.807) is 19.0 Å². The zero-order valence-corrected chi connectivity index (χ0v) is 13.1. The van der Waals surface area contributed by atoms with Crippen LogP contribution in [-0.2, 0) is 9.59 Å². The highest BCUT2D eigenvalue weighted by Crippen LogP contribution is 2.08. The standard InChI is InChI=1S/C14H28N4O2/c1-11(2)9-12(15)14(20)18-7-5-17(6-8-18)10-13(19)16(3)4/h11-12H,5-10,15H2,1-4H3. The first-order chi connectivity index (χ1) is 9.31. The van der Waals surface area contributed by atoms with Crippen molar-refractivity contribution in [2.45, 2.75) is 26.3 Å². The molecule has 0 aromatic rings.